The van der Waals surface area contributed by atoms with E-state index in [9.17, 15) is 4.79 Å². The van der Waals surface area contributed by atoms with Gasteiger partial charge in [-0.25, -0.2) is 0 Å². The number of carbonyl (C=O) groups is 1. The minimum Gasteiger partial charge on any atom is -0.343 e. The van der Waals surface area contributed by atoms with E-state index >= 15 is 0 Å². The first-order valence-electron chi connectivity index (χ1n) is 4.75. The molecule has 2 rings (SSSR count). The number of amides is 1. The van der Waals surface area contributed by atoms with Gasteiger partial charge in [-0.15, -0.1) is 12.4 Å². The van der Waals surface area contributed by atoms with Gasteiger partial charge < -0.3 is 11.1 Å². The van der Waals surface area contributed by atoms with Crippen molar-refractivity contribution in [2.45, 2.75) is 25.0 Å². The Hall–Kier alpha value is -0.360. The van der Waals surface area contributed by atoms with Gasteiger partial charge in [0.15, 0.2) is 0 Å². The van der Waals surface area contributed by atoms with Crippen molar-refractivity contribution in [3.05, 3.63) is 0 Å². The van der Waals surface area contributed by atoms with Crippen molar-refractivity contribution in [1.29, 1.82) is 0 Å². The quantitative estimate of drug-likeness (QED) is 0.521. The van der Waals surface area contributed by atoms with E-state index in [1.165, 1.54) is 0 Å². The fourth-order valence-corrected chi connectivity index (χ4v) is 1.94. The van der Waals surface area contributed by atoms with Gasteiger partial charge in [0, 0.05) is 19.1 Å². The zero-order valence-electron chi connectivity index (χ0n) is 8.03. The summed E-state index contributed by atoms with van der Waals surface area (Å²) in [5.41, 5.74) is 5.80. The molecular formula is C8H17ClN4O. The van der Waals surface area contributed by atoms with Gasteiger partial charge in [-0.2, -0.15) is 0 Å². The Bertz CT molecular complexity index is 214. The molecule has 2 aliphatic rings. The molecule has 0 bridgehead atoms. The third kappa shape index (κ3) is 2.57. The Balaban J connectivity index is 0.000000980. The van der Waals surface area contributed by atoms with E-state index in [0.29, 0.717) is 13.1 Å². The lowest BCUT2D eigenvalue weighted by Crippen LogP contribution is -2.55. The summed E-state index contributed by atoms with van der Waals surface area (Å²) in [4.78, 5) is 13.4. The van der Waals surface area contributed by atoms with Crippen molar-refractivity contribution in [1.82, 2.24) is 15.5 Å². The number of rotatable bonds is 1. The molecule has 0 aromatic heterocycles. The second-order valence-corrected chi connectivity index (χ2v) is 3.74. The van der Waals surface area contributed by atoms with Gasteiger partial charge in [0.25, 0.3) is 0 Å². The average Bonchev–Trinajstić information content (AvgIpc) is 2.52. The van der Waals surface area contributed by atoms with Crippen LogP contribution in [0.25, 0.3) is 0 Å². The molecule has 4 N–H and O–H groups in total. The molecule has 0 radical (unpaired) electrons. The van der Waals surface area contributed by atoms with Crippen LogP contribution in [-0.4, -0.2) is 42.8 Å². The van der Waals surface area contributed by atoms with Crippen LogP contribution in [0.4, 0.5) is 0 Å². The molecule has 2 fully saturated rings. The second-order valence-electron chi connectivity index (χ2n) is 3.74. The number of hydrogen-bond acceptors (Lipinski definition) is 4. The predicted molar refractivity (Wildman–Crippen MR) is 56.0 cm³/mol. The van der Waals surface area contributed by atoms with Gasteiger partial charge in [0.2, 0.25) is 5.91 Å². The summed E-state index contributed by atoms with van der Waals surface area (Å²) in [5, 5.41) is 5.99. The van der Waals surface area contributed by atoms with Crippen LogP contribution in [-0.2, 0) is 4.79 Å². The Morgan fingerprint density at radius 1 is 1.50 bits per heavy atom. The minimum absolute atomic E-state index is 0. The van der Waals surface area contributed by atoms with Crippen molar-refractivity contribution in [3.8, 4) is 0 Å². The molecule has 0 saturated carbocycles. The molecule has 0 aliphatic carbocycles. The largest absolute Gasteiger partial charge is 0.343 e. The molecule has 6 heteroatoms. The van der Waals surface area contributed by atoms with Gasteiger partial charge >= 0.3 is 0 Å². The van der Waals surface area contributed by atoms with Crippen LogP contribution in [0.2, 0.25) is 0 Å². The van der Waals surface area contributed by atoms with Gasteiger partial charge in [0.05, 0.1) is 19.3 Å². The van der Waals surface area contributed by atoms with Crippen molar-refractivity contribution < 1.29 is 4.79 Å². The van der Waals surface area contributed by atoms with E-state index in [0.717, 1.165) is 19.5 Å². The monoisotopic (exact) mass is 220 g/mol. The minimum atomic E-state index is 0. The van der Waals surface area contributed by atoms with Gasteiger partial charge in [-0.3, -0.25) is 15.0 Å². The first-order chi connectivity index (χ1) is 6.25. The molecule has 0 spiro atoms. The van der Waals surface area contributed by atoms with E-state index in [2.05, 4.69) is 15.5 Å². The number of nitrogens with one attached hydrogen (secondary N) is 2. The van der Waals surface area contributed by atoms with Crippen molar-refractivity contribution in [3.63, 3.8) is 0 Å². The van der Waals surface area contributed by atoms with Crippen molar-refractivity contribution in [2.24, 2.45) is 5.73 Å². The van der Waals surface area contributed by atoms with Gasteiger partial charge in [-0.1, -0.05) is 0 Å². The third-order valence-electron chi connectivity index (χ3n) is 2.70. The third-order valence-corrected chi connectivity index (χ3v) is 2.70. The van der Waals surface area contributed by atoms with Crippen molar-refractivity contribution >= 4 is 18.3 Å². The van der Waals surface area contributed by atoms with Crippen LogP contribution < -0.4 is 16.4 Å². The summed E-state index contributed by atoms with van der Waals surface area (Å²) < 4.78 is 0. The summed E-state index contributed by atoms with van der Waals surface area (Å²) in [7, 11) is 0. The standard InChI is InChI=1S/C8H16N4O.ClH/c9-6-1-2-12(4-6)7-3-8(13)11-5-10-7;/h6-7,10H,1-5,9H2,(H,11,13);1H. The highest BCUT2D eigenvalue weighted by Gasteiger charge is 2.29. The number of likely N-dealkylation sites (tertiary alicyclic amines) is 1. The number of nitrogens with two attached hydrogens (primary N) is 1. The fraction of sp³-hybridized carbons (Fsp3) is 0.875. The lowest BCUT2D eigenvalue weighted by molar-refractivity contribution is -0.124. The van der Waals surface area contributed by atoms with Gasteiger partial charge in [-0.05, 0) is 6.42 Å². The summed E-state index contributed by atoms with van der Waals surface area (Å²) in [5.74, 6) is 0.129. The zero-order chi connectivity index (χ0) is 9.26. The molecule has 1 amide bonds. The summed E-state index contributed by atoms with van der Waals surface area (Å²) in [6.45, 7) is 2.49. The molecule has 0 aromatic rings. The van der Waals surface area contributed by atoms with E-state index in [1.807, 2.05) is 0 Å². The highest BCUT2D eigenvalue weighted by molar-refractivity contribution is 5.85. The normalized spacial score (nSPS) is 33.6. The summed E-state index contributed by atoms with van der Waals surface area (Å²) >= 11 is 0. The number of hydrogen-bond donors (Lipinski definition) is 3. The molecule has 2 heterocycles. The van der Waals surface area contributed by atoms with Crippen molar-refractivity contribution in [2.75, 3.05) is 19.8 Å². The zero-order valence-corrected chi connectivity index (χ0v) is 8.85. The maximum absolute atomic E-state index is 11.1. The van der Waals surface area contributed by atoms with Gasteiger partial charge in [0.1, 0.15) is 0 Å². The van der Waals surface area contributed by atoms with E-state index in [1.54, 1.807) is 0 Å². The molecule has 82 valence electrons. The van der Waals surface area contributed by atoms with Crippen LogP contribution >= 0.6 is 12.4 Å². The average molecular weight is 221 g/mol. The Morgan fingerprint density at radius 3 is 2.86 bits per heavy atom. The molecule has 5 nitrogen and oxygen atoms in total. The maximum Gasteiger partial charge on any atom is 0.223 e. The molecule has 2 atom stereocenters. The van der Waals surface area contributed by atoms with Crippen LogP contribution in [0, 0.1) is 0 Å². The lowest BCUT2D eigenvalue weighted by Gasteiger charge is -2.31. The Labute approximate surface area is 89.8 Å². The number of halogens is 1. The van der Waals surface area contributed by atoms with E-state index in [-0.39, 0.29) is 30.5 Å². The highest BCUT2D eigenvalue weighted by atomic mass is 35.5. The predicted octanol–water partition coefficient (Wildman–Crippen LogP) is -1.17. The number of nitrogens with zero attached hydrogens (tertiary/aromatic N) is 1. The highest BCUT2D eigenvalue weighted by Crippen LogP contribution is 2.12. The molecule has 0 aromatic carbocycles. The topological polar surface area (TPSA) is 70.4 Å². The molecular weight excluding hydrogens is 204 g/mol. The molecule has 2 aliphatic heterocycles. The van der Waals surface area contributed by atoms with Crippen LogP contribution in [0.15, 0.2) is 0 Å². The SMILES string of the molecule is Cl.NC1CCN(C2CC(=O)NCN2)C1. The second kappa shape index (κ2) is 4.93. The Morgan fingerprint density at radius 2 is 2.29 bits per heavy atom. The smallest absolute Gasteiger partial charge is 0.223 e. The van der Waals surface area contributed by atoms with E-state index in [4.69, 9.17) is 5.73 Å². The molecule has 14 heavy (non-hydrogen) atoms. The number of carbonyl (C=O) groups excluding carboxylic acids is 1. The lowest BCUT2D eigenvalue weighted by atomic mass is 10.2. The summed E-state index contributed by atoms with van der Waals surface area (Å²) in [6, 6.07) is 0.284. The maximum atomic E-state index is 11.1. The first kappa shape index (κ1) is 11.7. The summed E-state index contributed by atoms with van der Waals surface area (Å²) in [6.07, 6.45) is 1.79. The molecule has 2 unspecified atom stereocenters. The Kier molecular flexibility index (Phi) is 4.12. The molecule has 2 saturated heterocycles. The van der Waals surface area contributed by atoms with Crippen LogP contribution in [0.5, 0.6) is 0 Å². The van der Waals surface area contributed by atoms with Crippen LogP contribution in [0.3, 0.4) is 0 Å². The first-order valence-corrected chi connectivity index (χ1v) is 4.75. The van der Waals surface area contributed by atoms with E-state index < -0.39 is 0 Å². The fourth-order valence-electron chi connectivity index (χ4n) is 1.94. The van der Waals surface area contributed by atoms with Crippen LogP contribution in [0.1, 0.15) is 12.8 Å².